The molecule has 2 aliphatic heterocycles. The van der Waals surface area contributed by atoms with E-state index < -0.39 is 10.0 Å². The Balaban J connectivity index is 1.44. The van der Waals surface area contributed by atoms with Crippen LogP contribution in [0, 0.1) is 5.92 Å². The smallest absolute Gasteiger partial charge is 0.243 e. The standard InChI is InChI=1S/C18H28N4O3S/c19-18(21-14-16-5-4-12-25-16)20-13-15-8-10-22(11-9-15)26(23,24)17-6-2-1-3-7-17/h1-3,6-7,15-16H,4-5,8-14H2,(H3,19,20,21). The Labute approximate surface area is 155 Å². The lowest BCUT2D eigenvalue weighted by Crippen LogP contribution is -2.40. The second-order valence-corrected chi connectivity index (χ2v) is 8.84. The molecule has 2 saturated heterocycles. The van der Waals surface area contributed by atoms with Gasteiger partial charge in [-0.25, -0.2) is 8.42 Å². The lowest BCUT2D eigenvalue weighted by molar-refractivity contribution is 0.114. The van der Waals surface area contributed by atoms with Crippen LogP contribution in [0.25, 0.3) is 0 Å². The van der Waals surface area contributed by atoms with Crippen molar-refractivity contribution in [3.63, 3.8) is 0 Å². The number of hydrogen-bond donors (Lipinski definition) is 2. The number of aliphatic imine (C=N–C) groups is 1. The maximum Gasteiger partial charge on any atom is 0.243 e. The van der Waals surface area contributed by atoms with E-state index in [1.54, 1.807) is 28.6 Å². The van der Waals surface area contributed by atoms with Crippen molar-refractivity contribution in [2.45, 2.75) is 36.7 Å². The molecule has 2 fully saturated rings. The summed E-state index contributed by atoms with van der Waals surface area (Å²) < 4.78 is 32.4. The lowest BCUT2D eigenvalue weighted by atomic mass is 9.98. The number of nitrogens with one attached hydrogen (secondary N) is 1. The summed E-state index contributed by atoms with van der Waals surface area (Å²) in [7, 11) is -3.39. The Kier molecular flexibility index (Phi) is 6.50. The third-order valence-corrected chi connectivity index (χ3v) is 6.92. The van der Waals surface area contributed by atoms with Crippen LogP contribution in [0.4, 0.5) is 0 Å². The van der Waals surface area contributed by atoms with Gasteiger partial charge in [-0.2, -0.15) is 4.31 Å². The van der Waals surface area contributed by atoms with Gasteiger partial charge in [-0.15, -0.1) is 0 Å². The minimum absolute atomic E-state index is 0.232. The number of sulfonamides is 1. The average Bonchev–Trinajstić information content (AvgIpc) is 3.19. The van der Waals surface area contributed by atoms with Gasteiger partial charge in [0.15, 0.2) is 5.96 Å². The number of guanidine groups is 1. The Hall–Kier alpha value is -1.64. The summed E-state index contributed by atoms with van der Waals surface area (Å²) in [5.74, 6) is 0.806. The normalized spacial score (nSPS) is 23.2. The molecule has 1 atom stereocenters. The summed E-state index contributed by atoms with van der Waals surface area (Å²) in [6.45, 7) is 3.21. The molecule has 2 aliphatic rings. The largest absolute Gasteiger partial charge is 0.376 e. The van der Waals surface area contributed by atoms with E-state index >= 15 is 0 Å². The van der Waals surface area contributed by atoms with Crippen molar-refractivity contribution in [1.82, 2.24) is 9.62 Å². The van der Waals surface area contributed by atoms with Crippen LogP contribution >= 0.6 is 0 Å². The van der Waals surface area contributed by atoms with Gasteiger partial charge in [0.1, 0.15) is 0 Å². The number of nitrogens with zero attached hydrogens (tertiary/aromatic N) is 2. The highest BCUT2D eigenvalue weighted by molar-refractivity contribution is 7.89. The summed E-state index contributed by atoms with van der Waals surface area (Å²) in [5.41, 5.74) is 5.92. The molecule has 2 heterocycles. The summed E-state index contributed by atoms with van der Waals surface area (Å²) in [6.07, 6.45) is 4.00. The molecule has 0 aromatic heterocycles. The molecule has 1 aromatic carbocycles. The molecule has 26 heavy (non-hydrogen) atoms. The predicted molar refractivity (Wildman–Crippen MR) is 101 cm³/mol. The van der Waals surface area contributed by atoms with Gasteiger partial charge < -0.3 is 15.8 Å². The molecule has 0 amide bonds. The second kappa shape index (κ2) is 8.83. The minimum atomic E-state index is -3.39. The van der Waals surface area contributed by atoms with Crippen molar-refractivity contribution < 1.29 is 13.2 Å². The Morgan fingerprint density at radius 1 is 1.23 bits per heavy atom. The van der Waals surface area contributed by atoms with E-state index in [4.69, 9.17) is 10.5 Å². The Morgan fingerprint density at radius 3 is 2.62 bits per heavy atom. The molecule has 8 heteroatoms. The molecule has 0 aliphatic carbocycles. The molecular weight excluding hydrogens is 352 g/mol. The van der Waals surface area contributed by atoms with Gasteiger partial charge in [0.25, 0.3) is 0 Å². The first kappa shape index (κ1) is 19.1. The van der Waals surface area contributed by atoms with Gasteiger partial charge in [-0.3, -0.25) is 4.99 Å². The highest BCUT2D eigenvalue weighted by Gasteiger charge is 2.29. The summed E-state index contributed by atoms with van der Waals surface area (Å²) in [5, 5.41) is 3.12. The van der Waals surface area contributed by atoms with E-state index in [2.05, 4.69) is 10.3 Å². The van der Waals surface area contributed by atoms with Crippen molar-refractivity contribution in [3.05, 3.63) is 30.3 Å². The van der Waals surface area contributed by atoms with Crippen LogP contribution in [-0.2, 0) is 14.8 Å². The van der Waals surface area contributed by atoms with E-state index in [0.717, 1.165) is 32.3 Å². The maximum atomic E-state index is 12.6. The maximum absolute atomic E-state index is 12.6. The van der Waals surface area contributed by atoms with Crippen LogP contribution in [0.1, 0.15) is 25.7 Å². The first-order chi connectivity index (χ1) is 12.6. The predicted octanol–water partition coefficient (Wildman–Crippen LogP) is 1.17. The molecule has 0 radical (unpaired) electrons. The third-order valence-electron chi connectivity index (χ3n) is 5.01. The molecule has 144 valence electrons. The Morgan fingerprint density at radius 2 is 1.96 bits per heavy atom. The van der Waals surface area contributed by atoms with Crippen LogP contribution in [-0.4, -0.2) is 57.6 Å². The van der Waals surface area contributed by atoms with Crippen LogP contribution in [0.5, 0.6) is 0 Å². The summed E-state index contributed by atoms with van der Waals surface area (Å²) >= 11 is 0. The number of ether oxygens (including phenoxy) is 1. The van der Waals surface area contributed by atoms with Crippen molar-refractivity contribution in [2.24, 2.45) is 16.6 Å². The van der Waals surface area contributed by atoms with Crippen molar-refractivity contribution in [2.75, 3.05) is 32.8 Å². The second-order valence-electron chi connectivity index (χ2n) is 6.90. The third kappa shape index (κ3) is 4.96. The van der Waals surface area contributed by atoms with E-state index in [1.807, 2.05) is 6.07 Å². The number of benzene rings is 1. The Bertz CT molecular complexity index is 694. The highest BCUT2D eigenvalue weighted by atomic mass is 32.2. The molecule has 0 bridgehead atoms. The summed E-state index contributed by atoms with van der Waals surface area (Å²) in [6, 6.07) is 8.61. The first-order valence-corrected chi connectivity index (χ1v) is 10.7. The molecule has 0 saturated carbocycles. The highest BCUT2D eigenvalue weighted by Crippen LogP contribution is 2.23. The van der Waals surface area contributed by atoms with Gasteiger partial charge in [-0.05, 0) is 43.7 Å². The number of rotatable bonds is 6. The van der Waals surface area contributed by atoms with Crippen LogP contribution in [0.15, 0.2) is 40.2 Å². The van der Waals surface area contributed by atoms with E-state index in [1.165, 1.54) is 0 Å². The minimum Gasteiger partial charge on any atom is -0.376 e. The molecular formula is C18H28N4O3S. The van der Waals surface area contributed by atoms with Gasteiger partial charge >= 0.3 is 0 Å². The quantitative estimate of drug-likeness (QED) is 0.570. The van der Waals surface area contributed by atoms with Crippen molar-refractivity contribution >= 4 is 16.0 Å². The fourth-order valence-corrected chi connectivity index (χ4v) is 4.87. The zero-order chi connectivity index (χ0) is 18.4. The molecule has 3 rings (SSSR count). The number of piperidine rings is 1. The lowest BCUT2D eigenvalue weighted by Gasteiger charge is -2.30. The zero-order valence-electron chi connectivity index (χ0n) is 15.0. The van der Waals surface area contributed by atoms with E-state index in [0.29, 0.717) is 43.0 Å². The molecule has 1 aromatic rings. The van der Waals surface area contributed by atoms with Crippen molar-refractivity contribution in [1.29, 1.82) is 0 Å². The van der Waals surface area contributed by atoms with E-state index in [-0.39, 0.29) is 6.10 Å². The molecule has 3 N–H and O–H groups in total. The van der Waals surface area contributed by atoms with Crippen LogP contribution in [0.3, 0.4) is 0 Å². The van der Waals surface area contributed by atoms with Crippen molar-refractivity contribution in [3.8, 4) is 0 Å². The van der Waals surface area contributed by atoms with Crippen LogP contribution < -0.4 is 11.1 Å². The topological polar surface area (TPSA) is 97.0 Å². The zero-order valence-corrected chi connectivity index (χ0v) is 15.8. The number of nitrogens with two attached hydrogens (primary N) is 1. The van der Waals surface area contributed by atoms with Gasteiger partial charge in [0, 0.05) is 32.8 Å². The molecule has 1 unspecified atom stereocenters. The first-order valence-electron chi connectivity index (χ1n) is 9.26. The average molecular weight is 381 g/mol. The molecule has 0 spiro atoms. The van der Waals surface area contributed by atoms with E-state index in [9.17, 15) is 8.42 Å². The molecule has 7 nitrogen and oxygen atoms in total. The monoisotopic (exact) mass is 380 g/mol. The van der Waals surface area contributed by atoms with Crippen LogP contribution in [0.2, 0.25) is 0 Å². The van der Waals surface area contributed by atoms with Gasteiger partial charge in [0.2, 0.25) is 10.0 Å². The van der Waals surface area contributed by atoms with Gasteiger partial charge in [-0.1, -0.05) is 18.2 Å². The fourth-order valence-electron chi connectivity index (χ4n) is 3.38. The summed E-state index contributed by atoms with van der Waals surface area (Å²) in [4.78, 5) is 4.77. The number of hydrogen-bond acceptors (Lipinski definition) is 4. The fraction of sp³-hybridized carbons (Fsp3) is 0.611. The van der Waals surface area contributed by atoms with Gasteiger partial charge in [0.05, 0.1) is 11.0 Å². The SMILES string of the molecule is NC(=NCC1CCN(S(=O)(=O)c2ccccc2)CC1)NCC1CCCO1.